The summed E-state index contributed by atoms with van der Waals surface area (Å²) in [5, 5.41) is 12.2. The van der Waals surface area contributed by atoms with Crippen molar-refractivity contribution >= 4 is 21.9 Å². The zero-order chi connectivity index (χ0) is 14.0. The quantitative estimate of drug-likeness (QED) is 0.886. The van der Waals surface area contributed by atoms with Crippen LogP contribution in [0.1, 0.15) is 18.0 Å². The number of carboxylic acid groups (broad SMARTS) is 1. The molecule has 0 spiro atoms. The number of ether oxygens (including phenoxy) is 2. The first-order chi connectivity index (χ1) is 9.06. The molecular weight excluding hydrogens is 314 g/mol. The molecule has 1 aromatic rings. The van der Waals surface area contributed by atoms with Crippen LogP contribution in [0.2, 0.25) is 0 Å². The summed E-state index contributed by atoms with van der Waals surface area (Å²) in [6, 6.07) is 3.84. The molecular formula is C13H16BrNO4. The van der Waals surface area contributed by atoms with Gasteiger partial charge in [-0.1, -0.05) is 0 Å². The fourth-order valence-electron chi connectivity index (χ4n) is 2.32. The number of methoxy groups -OCH3 is 2. The van der Waals surface area contributed by atoms with Gasteiger partial charge in [0.15, 0.2) is 11.5 Å². The van der Waals surface area contributed by atoms with Crippen molar-refractivity contribution in [2.75, 3.05) is 20.8 Å². The van der Waals surface area contributed by atoms with Gasteiger partial charge < -0.3 is 19.9 Å². The minimum absolute atomic E-state index is 0.0252. The van der Waals surface area contributed by atoms with Gasteiger partial charge in [-0.3, -0.25) is 4.79 Å². The van der Waals surface area contributed by atoms with Gasteiger partial charge in [0.2, 0.25) is 0 Å². The summed E-state index contributed by atoms with van der Waals surface area (Å²) in [4.78, 5) is 11.0. The topological polar surface area (TPSA) is 67.8 Å². The maximum absolute atomic E-state index is 11.0. The second kappa shape index (κ2) is 5.79. The van der Waals surface area contributed by atoms with Gasteiger partial charge >= 0.3 is 5.97 Å². The van der Waals surface area contributed by atoms with Crippen LogP contribution in [0.5, 0.6) is 11.5 Å². The molecule has 2 N–H and O–H groups in total. The third kappa shape index (κ3) is 2.84. The molecule has 1 aliphatic rings. The van der Waals surface area contributed by atoms with Gasteiger partial charge in [-0.15, -0.1) is 0 Å². The van der Waals surface area contributed by atoms with Crippen LogP contribution in [-0.4, -0.2) is 31.8 Å². The van der Waals surface area contributed by atoms with Crippen molar-refractivity contribution in [3.63, 3.8) is 0 Å². The SMILES string of the molecule is COc1cc(C2CC(C(=O)O)CN2)cc(Br)c1OC. The molecule has 0 bridgehead atoms. The largest absolute Gasteiger partial charge is 0.493 e. The van der Waals surface area contributed by atoms with E-state index in [9.17, 15) is 4.79 Å². The number of hydrogen-bond acceptors (Lipinski definition) is 4. The highest BCUT2D eigenvalue weighted by atomic mass is 79.9. The minimum atomic E-state index is -0.755. The first-order valence-corrected chi connectivity index (χ1v) is 6.73. The maximum Gasteiger partial charge on any atom is 0.307 e. The Morgan fingerprint density at radius 1 is 1.42 bits per heavy atom. The van der Waals surface area contributed by atoms with Crippen molar-refractivity contribution in [2.45, 2.75) is 12.5 Å². The lowest BCUT2D eigenvalue weighted by molar-refractivity contribution is -0.141. The number of aliphatic carboxylic acids is 1. The van der Waals surface area contributed by atoms with E-state index in [1.165, 1.54) is 0 Å². The van der Waals surface area contributed by atoms with Crippen molar-refractivity contribution in [3.8, 4) is 11.5 Å². The van der Waals surface area contributed by atoms with Gasteiger partial charge in [0, 0.05) is 12.6 Å². The molecule has 0 aliphatic carbocycles. The van der Waals surface area contributed by atoms with Crippen molar-refractivity contribution in [2.24, 2.45) is 5.92 Å². The Hall–Kier alpha value is -1.27. The molecule has 0 amide bonds. The molecule has 1 heterocycles. The molecule has 1 fully saturated rings. The van der Waals surface area contributed by atoms with Gasteiger partial charge in [-0.25, -0.2) is 0 Å². The molecule has 0 saturated carbocycles. The van der Waals surface area contributed by atoms with Crippen LogP contribution in [0.25, 0.3) is 0 Å². The first kappa shape index (κ1) is 14.1. The van der Waals surface area contributed by atoms with E-state index in [1.807, 2.05) is 12.1 Å². The number of benzene rings is 1. The van der Waals surface area contributed by atoms with Gasteiger partial charge in [-0.2, -0.15) is 0 Å². The number of carboxylic acids is 1. The van der Waals surface area contributed by atoms with Crippen molar-refractivity contribution in [1.29, 1.82) is 0 Å². The normalized spacial score (nSPS) is 22.3. The smallest absolute Gasteiger partial charge is 0.307 e. The molecule has 104 valence electrons. The predicted molar refractivity (Wildman–Crippen MR) is 73.7 cm³/mol. The molecule has 1 saturated heterocycles. The number of carbonyl (C=O) groups is 1. The predicted octanol–water partition coefficient (Wildman–Crippen LogP) is 2.20. The number of rotatable bonds is 4. The monoisotopic (exact) mass is 329 g/mol. The lowest BCUT2D eigenvalue weighted by atomic mass is 10.00. The summed E-state index contributed by atoms with van der Waals surface area (Å²) in [5.74, 6) is 0.179. The summed E-state index contributed by atoms with van der Waals surface area (Å²) < 4.78 is 11.3. The standard InChI is InChI=1S/C13H16BrNO4/c1-18-11-5-7(3-9(14)12(11)19-2)10-4-8(6-15-10)13(16)17/h3,5,8,10,15H,4,6H2,1-2H3,(H,16,17). The molecule has 1 aliphatic heterocycles. The van der Waals surface area contributed by atoms with E-state index in [0.29, 0.717) is 24.5 Å². The van der Waals surface area contributed by atoms with Crippen LogP contribution < -0.4 is 14.8 Å². The van der Waals surface area contributed by atoms with E-state index in [4.69, 9.17) is 14.6 Å². The molecule has 2 unspecified atom stereocenters. The van der Waals surface area contributed by atoms with Crippen LogP contribution in [0.4, 0.5) is 0 Å². The van der Waals surface area contributed by atoms with Crippen molar-refractivity contribution in [1.82, 2.24) is 5.32 Å². The highest BCUT2D eigenvalue weighted by Crippen LogP contribution is 2.39. The average Bonchev–Trinajstić information content (AvgIpc) is 2.87. The van der Waals surface area contributed by atoms with Crippen LogP contribution in [0, 0.1) is 5.92 Å². The maximum atomic E-state index is 11.0. The minimum Gasteiger partial charge on any atom is -0.493 e. The zero-order valence-electron chi connectivity index (χ0n) is 10.8. The van der Waals surface area contributed by atoms with Crippen LogP contribution >= 0.6 is 15.9 Å². The lowest BCUT2D eigenvalue weighted by Crippen LogP contribution is -2.17. The molecule has 0 aromatic heterocycles. The van der Waals surface area contributed by atoms with Gasteiger partial charge in [0.1, 0.15) is 0 Å². The Balaban J connectivity index is 2.27. The molecule has 2 rings (SSSR count). The van der Waals surface area contributed by atoms with E-state index < -0.39 is 5.97 Å². The Bertz CT molecular complexity index is 492. The van der Waals surface area contributed by atoms with Gasteiger partial charge in [0.05, 0.1) is 24.6 Å². The Morgan fingerprint density at radius 2 is 2.16 bits per heavy atom. The van der Waals surface area contributed by atoms with Gasteiger partial charge in [0.25, 0.3) is 0 Å². The zero-order valence-corrected chi connectivity index (χ0v) is 12.4. The van der Waals surface area contributed by atoms with E-state index in [0.717, 1.165) is 10.0 Å². The summed E-state index contributed by atoms with van der Waals surface area (Å²) >= 11 is 3.44. The van der Waals surface area contributed by atoms with Gasteiger partial charge in [-0.05, 0) is 40.0 Å². The molecule has 2 atom stereocenters. The van der Waals surface area contributed by atoms with E-state index in [1.54, 1.807) is 14.2 Å². The summed E-state index contributed by atoms with van der Waals surface area (Å²) in [6.07, 6.45) is 0.581. The summed E-state index contributed by atoms with van der Waals surface area (Å²) in [7, 11) is 3.16. The molecule has 0 radical (unpaired) electrons. The van der Waals surface area contributed by atoms with Crippen LogP contribution in [0.3, 0.4) is 0 Å². The Morgan fingerprint density at radius 3 is 2.68 bits per heavy atom. The fourth-order valence-corrected chi connectivity index (χ4v) is 2.94. The molecule has 1 aromatic carbocycles. The highest BCUT2D eigenvalue weighted by Gasteiger charge is 2.30. The van der Waals surface area contributed by atoms with Crippen LogP contribution in [0.15, 0.2) is 16.6 Å². The van der Waals surface area contributed by atoms with E-state index in [2.05, 4.69) is 21.2 Å². The number of halogens is 1. The Labute approximate surface area is 120 Å². The summed E-state index contributed by atoms with van der Waals surface area (Å²) in [6.45, 7) is 0.492. The van der Waals surface area contributed by atoms with Crippen LogP contribution in [-0.2, 0) is 4.79 Å². The number of hydrogen-bond donors (Lipinski definition) is 2. The fraction of sp³-hybridized carbons (Fsp3) is 0.462. The lowest BCUT2D eigenvalue weighted by Gasteiger charge is -2.16. The third-order valence-corrected chi connectivity index (χ3v) is 3.93. The summed E-state index contributed by atoms with van der Waals surface area (Å²) in [5.41, 5.74) is 0.994. The third-order valence-electron chi connectivity index (χ3n) is 3.34. The van der Waals surface area contributed by atoms with E-state index >= 15 is 0 Å². The molecule has 6 heteroatoms. The number of nitrogens with one attached hydrogen (secondary N) is 1. The second-order valence-corrected chi connectivity index (χ2v) is 5.32. The van der Waals surface area contributed by atoms with Crippen molar-refractivity contribution in [3.05, 3.63) is 22.2 Å². The Kier molecular flexibility index (Phi) is 4.31. The van der Waals surface area contributed by atoms with Crippen molar-refractivity contribution < 1.29 is 19.4 Å². The van der Waals surface area contributed by atoms with E-state index in [-0.39, 0.29) is 12.0 Å². The average molecular weight is 330 g/mol. The second-order valence-electron chi connectivity index (χ2n) is 4.47. The highest BCUT2D eigenvalue weighted by molar-refractivity contribution is 9.10. The first-order valence-electron chi connectivity index (χ1n) is 5.94. The molecule has 19 heavy (non-hydrogen) atoms. The molecule has 5 nitrogen and oxygen atoms in total.